The molecule has 8 heteroatoms. The van der Waals surface area contributed by atoms with Gasteiger partial charge in [-0.3, -0.25) is 10.1 Å². The zero-order valence-electron chi connectivity index (χ0n) is 17.7. The molecule has 8 nitrogen and oxygen atoms in total. The van der Waals surface area contributed by atoms with Crippen LogP contribution in [0.15, 0.2) is 42.5 Å². The number of carbonyl (C=O) groups is 3. The van der Waals surface area contributed by atoms with Gasteiger partial charge in [0.15, 0.2) is 23.9 Å². The standard InChI is InChI=1S/C23H25NO7/c1-23(2,3)31-22(27)24-17-7-4-6-16(12-17)21(26)30-14-18(25)15-8-9-19-20(13-15)29-11-5-10-28-19/h4,6-9,12-13H,5,10-11,14H2,1-3H3,(H,24,27). The molecule has 1 amide bonds. The van der Waals surface area contributed by atoms with Crippen LogP contribution in [0.1, 0.15) is 47.9 Å². The molecule has 2 aromatic rings. The summed E-state index contributed by atoms with van der Waals surface area (Å²) in [6.07, 6.45) is 0.125. The van der Waals surface area contributed by atoms with Crippen LogP contribution < -0.4 is 14.8 Å². The van der Waals surface area contributed by atoms with Crippen molar-refractivity contribution in [1.29, 1.82) is 0 Å². The molecular formula is C23H25NO7. The number of ether oxygens (including phenoxy) is 4. The fraction of sp³-hybridized carbons (Fsp3) is 0.348. The van der Waals surface area contributed by atoms with Gasteiger partial charge in [-0.05, 0) is 57.2 Å². The Labute approximate surface area is 180 Å². The van der Waals surface area contributed by atoms with Gasteiger partial charge in [-0.1, -0.05) is 6.07 Å². The van der Waals surface area contributed by atoms with Gasteiger partial charge in [0.25, 0.3) is 0 Å². The molecule has 0 spiro atoms. The molecule has 0 fully saturated rings. The van der Waals surface area contributed by atoms with Crippen LogP contribution in [-0.2, 0) is 9.47 Å². The molecular weight excluding hydrogens is 402 g/mol. The molecule has 0 aliphatic carbocycles. The van der Waals surface area contributed by atoms with E-state index in [0.29, 0.717) is 36.0 Å². The number of hydrogen-bond acceptors (Lipinski definition) is 7. The van der Waals surface area contributed by atoms with Gasteiger partial charge in [-0.25, -0.2) is 9.59 Å². The number of carbonyl (C=O) groups excluding carboxylic acids is 3. The number of fused-ring (bicyclic) bond motifs is 1. The summed E-state index contributed by atoms with van der Waals surface area (Å²) in [7, 11) is 0. The van der Waals surface area contributed by atoms with Gasteiger partial charge < -0.3 is 18.9 Å². The van der Waals surface area contributed by atoms with Crippen LogP contribution in [-0.4, -0.2) is 43.3 Å². The Kier molecular flexibility index (Phi) is 6.79. The van der Waals surface area contributed by atoms with Crippen molar-refractivity contribution in [2.45, 2.75) is 32.8 Å². The number of nitrogens with one attached hydrogen (secondary N) is 1. The zero-order chi connectivity index (χ0) is 22.4. The van der Waals surface area contributed by atoms with Crippen LogP contribution in [0.2, 0.25) is 0 Å². The van der Waals surface area contributed by atoms with E-state index >= 15 is 0 Å². The number of benzene rings is 2. The summed E-state index contributed by atoms with van der Waals surface area (Å²) in [5.74, 6) is 0.0264. The Balaban J connectivity index is 1.59. The molecule has 0 saturated carbocycles. The second-order valence-corrected chi connectivity index (χ2v) is 7.92. The minimum atomic E-state index is -0.685. The van der Waals surface area contributed by atoms with Crippen molar-refractivity contribution in [3.8, 4) is 11.5 Å². The van der Waals surface area contributed by atoms with Crippen molar-refractivity contribution < 1.29 is 33.3 Å². The van der Waals surface area contributed by atoms with E-state index in [4.69, 9.17) is 18.9 Å². The maximum absolute atomic E-state index is 12.5. The highest BCUT2D eigenvalue weighted by Gasteiger charge is 2.18. The fourth-order valence-corrected chi connectivity index (χ4v) is 2.78. The third kappa shape index (κ3) is 6.47. The molecule has 1 aliphatic heterocycles. The lowest BCUT2D eigenvalue weighted by molar-refractivity contribution is 0.0474. The molecule has 2 aromatic carbocycles. The van der Waals surface area contributed by atoms with Crippen LogP contribution in [0.3, 0.4) is 0 Å². The summed E-state index contributed by atoms with van der Waals surface area (Å²) in [4.78, 5) is 36.7. The minimum absolute atomic E-state index is 0.194. The average molecular weight is 427 g/mol. The Morgan fingerprint density at radius 2 is 1.71 bits per heavy atom. The Hall–Kier alpha value is -3.55. The van der Waals surface area contributed by atoms with Crippen molar-refractivity contribution in [2.24, 2.45) is 0 Å². The van der Waals surface area contributed by atoms with E-state index in [1.54, 1.807) is 51.1 Å². The highest BCUT2D eigenvalue weighted by molar-refractivity contribution is 6.00. The molecule has 0 unspecified atom stereocenters. The lowest BCUT2D eigenvalue weighted by atomic mass is 10.1. The number of amides is 1. The van der Waals surface area contributed by atoms with E-state index in [0.717, 1.165) is 6.42 Å². The quantitative estimate of drug-likeness (QED) is 0.563. The third-order valence-corrected chi connectivity index (χ3v) is 4.15. The first kappa shape index (κ1) is 22.1. The molecule has 0 radical (unpaired) electrons. The molecule has 0 saturated heterocycles. The molecule has 0 bridgehead atoms. The molecule has 1 N–H and O–H groups in total. The first-order valence-corrected chi connectivity index (χ1v) is 9.91. The predicted octanol–water partition coefficient (Wildman–Crippen LogP) is 4.23. The smallest absolute Gasteiger partial charge is 0.412 e. The summed E-state index contributed by atoms with van der Waals surface area (Å²) >= 11 is 0. The average Bonchev–Trinajstić information content (AvgIpc) is 2.95. The first-order valence-electron chi connectivity index (χ1n) is 9.91. The van der Waals surface area contributed by atoms with Crippen molar-refractivity contribution in [2.75, 3.05) is 25.1 Å². The highest BCUT2D eigenvalue weighted by Crippen LogP contribution is 2.30. The van der Waals surface area contributed by atoms with E-state index in [1.165, 1.54) is 12.1 Å². The lowest BCUT2D eigenvalue weighted by Gasteiger charge is -2.19. The topological polar surface area (TPSA) is 100 Å². The molecule has 31 heavy (non-hydrogen) atoms. The SMILES string of the molecule is CC(C)(C)OC(=O)Nc1cccc(C(=O)OCC(=O)c2ccc3c(c2)OCCCO3)c1. The van der Waals surface area contributed by atoms with Gasteiger partial charge in [0, 0.05) is 17.7 Å². The predicted molar refractivity (Wildman–Crippen MR) is 113 cm³/mol. The largest absolute Gasteiger partial charge is 0.490 e. The summed E-state index contributed by atoms with van der Waals surface area (Å²) in [6, 6.07) is 11.0. The van der Waals surface area contributed by atoms with Crippen molar-refractivity contribution in [3.05, 3.63) is 53.6 Å². The van der Waals surface area contributed by atoms with Crippen molar-refractivity contribution in [1.82, 2.24) is 0 Å². The van der Waals surface area contributed by atoms with Crippen LogP contribution >= 0.6 is 0 Å². The number of hydrogen-bond donors (Lipinski definition) is 1. The third-order valence-electron chi connectivity index (χ3n) is 4.15. The van der Waals surface area contributed by atoms with Crippen LogP contribution in [0.25, 0.3) is 0 Å². The Morgan fingerprint density at radius 3 is 2.45 bits per heavy atom. The van der Waals surface area contributed by atoms with E-state index in [-0.39, 0.29) is 11.3 Å². The summed E-state index contributed by atoms with van der Waals surface area (Å²) in [5, 5.41) is 2.56. The fourth-order valence-electron chi connectivity index (χ4n) is 2.78. The van der Waals surface area contributed by atoms with Crippen LogP contribution in [0.5, 0.6) is 11.5 Å². The van der Waals surface area contributed by atoms with E-state index in [2.05, 4.69) is 5.32 Å². The molecule has 0 aromatic heterocycles. The first-order chi connectivity index (χ1) is 14.7. The van der Waals surface area contributed by atoms with Gasteiger partial charge in [-0.2, -0.15) is 0 Å². The molecule has 164 valence electrons. The van der Waals surface area contributed by atoms with Crippen LogP contribution in [0, 0.1) is 0 Å². The van der Waals surface area contributed by atoms with Gasteiger partial charge in [-0.15, -0.1) is 0 Å². The highest BCUT2D eigenvalue weighted by atomic mass is 16.6. The van der Waals surface area contributed by atoms with E-state index < -0.39 is 24.3 Å². The monoisotopic (exact) mass is 427 g/mol. The van der Waals surface area contributed by atoms with Crippen molar-refractivity contribution >= 4 is 23.5 Å². The number of ketones is 1. The zero-order valence-corrected chi connectivity index (χ0v) is 17.7. The number of anilines is 1. The van der Waals surface area contributed by atoms with Gasteiger partial charge in [0.2, 0.25) is 0 Å². The molecule has 1 heterocycles. The second kappa shape index (κ2) is 9.51. The number of esters is 1. The molecule has 0 atom stereocenters. The number of rotatable bonds is 5. The summed E-state index contributed by atoms with van der Waals surface area (Å²) in [5.41, 5.74) is 0.281. The summed E-state index contributed by atoms with van der Waals surface area (Å²) in [6.45, 7) is 5.89. The maximum atomic E-state index is 12.5. The van der Waals surface area contributed by atoms with Gasteiger partial charge >= 0.3 is 12.1 Å². The van der Waals surface area contributed by atoms with Crippen LogP contribution in [0.4, 0.5) is 10.5 Å². The van der Waals surface area contributed by atoms with E-state index in [9.17, 15) is 14.4 Å². The van der Waals surface area contributed by atoms with Gasteiger partial charge in [0.1, 0.15) is 5.60 Å². The number of Topliss-reactive ketones (excluding diaryl/α,β-unsaturated/α-hetero) is 1. The van der Waals surface area contributed by atoms with Gasteiger partial charge in [0.05, 0.1) is 18.8 Å². The second-order valence-electron chi connectivity index (χ2n) is 7.92. The lowest BCUT2D eigenvalue weighted by Crippen LogP contribution is -2.27. The Morgan fingerprint density at radius 1 is 0.968 bits per heavy atom. The van der Waals surface area contributed by atoms with Crippen molar-refractivity contribution in [3.63, 3.8) is 0 Å². The Bertz CT molecular complexity index is 978. The molecule has 3 rings (SSSR count). The normalized spacial score (nSPS) is 13.0. The maximum Gasteiger partial charge on any atom is 0.412 e. The molecule has 1 aliphatic rings. The minimum Gasteiger partial charge on any atom is -0.490 e. The summed E-state index contributed by atoms with van der Waals surface area (Å²) < 4.78 is 21.5. The van der Waals surface area contributed by atoms with E-state index in [1.807, 2.05) is 0 Å².